The van der Waals surface area contributed by atoms with Crippen LogP contribution in [0.4, 0.5) is 0 Å². The summed E-state index contributed by atoms with van der Waals surface area (Å²) in [6, 6.07) is 9.83. The van der Waals surface area contributed by atoms with E-state index in [-0.39, 0.29) is 11.9 Å². The zero-order valence-electron chi connectivity index (χ0n) is 12.5. The molecule has 1 aliphatic rings. The maximum atomic E-state index is 12.0. The van der Waals surface area contributed by atoms with Crippen molar-refractivity contribution in [2.45, 2.75) is 51.5 Å². The number of hydrogen-bond donors (Lipinski definition) is 2. The average molecular weight is 289 g/mol. The van der Waals surface area contributed by atoms with Crippen LogP contribution < -0.4 is 5.32 Å². The summed E-state index contributed by atoms with van der Waals surface area (Å²) < 4.78 is 0. The largest absolute Gasteiger partial charge is 0.481 e. The Kier molecular flexibility index (Phi) is 4.99. The summed E-state index contributed by atoms with van der Waals surface area (Å²) >= 11 is 0. The lowest BCUT2D eigenvalue weighted by Gasteiger charge is -2.27. The van der Waals surface area contributed by atoms with Gasteiger partial charge < -0.3 is 10.4 Å². The van der Waals surface area contributed by atoms with E-state index in [9.17, 15) is 14.7 Å². The molecule has 1 aromatic carbocycles. The second-order valence-corrected chi connectivity index (χ2v) is 6.07. The first-order chi connectivity index (χ1) is 10.0. The van der Waals surface area contributed by atoms with E-state index in [0.717, 1.165) is 25.7 Å². The molecule has 0 bridgehead atoms. The van der Waals surface area contributed by atoms with E-state index in [0.29, 0.717) is 12.8 Å². The maximum Gasteiger partial charge on any atom is 0.311 e. The lowest BCUT2D eigenvalue weighted by Crippen LogP contribution is -2.47. The van der Waals surface area contributed by atoms with E-state index in [1.165, 1.54) is 5.56 Å². The van der Waals surface area contributed by atoms with Crippen LogP contribution >= 0.6 is 0 Å². The highest BCUT2D eigenvalue weighted by Gasteiger charge is 2.45. The van der Waals surface area contributed by atoms with Gasteiger partial charge in [-0.25, -0.2) is 0 Å². The third-order valence-electron chi connectivity index (χ3n) is 4.49. The van der Waals surface area contributed by atoms with Gasteiger partial charge in [-0.1, -0.05) is 36.8 Å². The van der Waals surface area contributed by atoms with Crippen LogP contribution in [0.3, 0.4) is 0 Å². The Bertz CT molecular complexity index is 500. The first-order valence-corrected chi connectivity index (χ1v) is 7.59. The summed E-state index contributed by atoms with van der Waals surface area (Å²) in [5, 5.41) is 12.2. The van der Waals surface area contributed by atoms with Crippen molar-refractivity contribution in [3.8, 4) is 0 Å². The van der Waals surface area contributed by atoms with Gasteiger partial charge in [0.2, 0.25) is 5.91 Å². The Morgan fingerprint density at radius 1 is 1.33 bits per heavy atom. The number of nitrogens with one attached hydrogen (secondary N) is 1. The Morgan fingerprint density at radius 3 is 2.71 bits per heavy atom. The molecule has 21 heavy (non-hydrogen) atoms. The number of carbonyl (C=O) groups is 2. The number of rotatable bonds is 6. The summed E-state index contributed by atoms with van der Waals surface area (Å²) in [5.41, 5.74) is 0.413. The number of carboxylic acids is 1. The number of aliphatic carboxylic acids is 1. The van der Waals surface area contributed by atoms with Crippen molar-refractivity contribution < 1.29 is 14.7 Å². The molecule has 0 aromatic heterocycles. The van der Waals surface area contributed by atoms with Gasteiger partial charge in [-0.2, -0.15) is 0 Å². The van der Waals surface area contributed by atoms with E-state index in [2.05, 4.69) is 17.4 Å². The van der Waals surface area contributed by atoms with Gasteiger partial charge in [0.05, 0.1) is 5.41 Å². The third-order valence-corrected chi connectivity index (χ3v) is 4.49. The summed E-state index contributed by atoms with van der Waals surface area (Å²) in [6.45, 7) is 1.73. The molecular formula is C17H23NO3. The van der Waals surface area contributed by atoms with Gasteiger partial charge in [-0.05, 0) is 38.2 Å². The molecule has 0 saturated heterocycles. The molecule has 2 unspecified atom stereocenters. The highest BCUT2D eigenvalue weighted by Crippen LogP contribution is 2.38. The van der Waals surface area contributed by atoms with Gasteiger partial charge in [-0.3, -0.25) is 9.59 Å². The molecule has 4 nitrogen and oxygen atoms in total. The van der Waals surface area contributed by atoms with Crippen LogP contribution in [0.2, 0.25) is 0 Å². The highest BCUT2D eigenvalue weighted by atomic mass is 16.4. The zero-order chi connectivity index (χ0) is 15.3. The van der Waals surface area contributed by atoms with Crippen molar-refractivity contribution in [2.75, 3.05) is 0 Å². The van der Waals surface area contributed by atoms with E-state index >= 15 is 0 Å². The minimum Gasteiger partial charge on any atom is -0.481 e. The monoisotopic (exact) mass is 289 g/mol. The SMILES string of the molecule is CC1(C(=O)O)CCCC1NC(=O)CCCc1ccccc1. The molecule has 114 valence electrons. The van der Waals surface area contributed by atoms with Gasteiger partial charge in [0.15, 0.2) is 0 Å². The highest BCUT2D eigenvalue weighted by molar-refractivity contribution is 5.80. The molecule has 0 heterocycles. The predicted octanol–water partition coefficient (Wildman–Crippen LogP) is 2.77. The lowest BCUT2D eigenvalue weighted by atomic mass is 9.85. The predicted molar refractivity (Wildman–Crippen MR) is 80.9 cm³/mol. The molecule has 1 saturated carbocycles. The van der Waals surface area contributed by atoms with Crippen LogP contribution in [0.5, 0.6) is 0 Å². The first-order valence-electron chi connectivity index (χ1n) is 7.59. The fourth-order valence-electron chi connectivity index (χ4n) is 3.02. The minimum atomic E-state index is -0.811. The fourth-order valence-corrected chi connectivity index (χ4v) is 3.02. The number of benzene rings is 1. The van der Waals surface area contributed by atoms with E-state index in [4.69, 9.17) is 0 Å². The van der Waals surface area contributed by atoms with Crippen LogP contribution in [0.15, 0.2) is 30.3 Å². The Morgan fingerprint density at radius 2 is 2.05 bits per heavy atom. The van der Waals surface area contributed by atoms with Gasteiger partial charge in [-0.15, -0.1) is 0 Å². The molecule has 2 N–H and O–H groups in total. The van der Waals surface area contributed by atoms with E-state index in [1.807, 2.05) is 18.2 Å². The molecule has 4 heteroatoms. The van der Waals surface area contributed by atoms with Gasteiger partial charge in [0.1, 0.15) is 0 Å². The number of aryl methyl sites for hydroxylation is 1. The molecule has 0 spiro atoms. The Balaban J connectivity index is 1.78. The molecule has 1 amide bonds. The van der Waals surface area contributed by atoms with Crippen LogP contribution in [0.1, 0.15) is 44.6 Å². The average Bonchev–Trinajstić information content (AvgIpc) is 2.83. The van der Waals surface area contributed by atoms with Crippen molar-refractivity contribution in [3.05, 3.63) is 35.9 Å². The fraction of sp³-hybridized carbons (Fsp3) is 0.529. The Labute approximate surface area is 125 Å². The first kappa shape index (κ1) is 15.5. The summed E-state index contributed by atoms with van der Waals surface area (Å²) in [5.74, 6) is -0.847. The molecule has 0 radical (unpaired) electrons. The van der Waals surface area contributed by atoms with Crippen molar-refractivity contribution in [1.82, 2.24) is 5.32 Å². The van der Waals surface area contributed by atoms with Crippen molar-refractivity contribution in [1.29, 1.82) is 0 Å². The number of carboxylic acid groups (broad SMARTS) is 1. The van der Waals surface area contributed by atoms with Crippen molar-refractivity contribution in [2.24, 2.45) is 5.41 Å². The smallest absolute Gasteiger partial charge is 0.311 e. The van der Waals surface area contributed by atoms with Crippen LogP contribution in [-0.4, -0.2) is 23.0 Å². The summed E-state index contributed by atoms with van der Waals surface area (Å²) in [6.07, 6.45) is 4.35. The van der Waals surface area contributed by atoms with E-state index in [1.54, 1.807) is 6.92 Å². The number of amides is 1. The van der Waals surface area contributed by atoms with Crippen LogP contribution in [0, 0.1) is 5.41 Å². The molecule has 1 aliphatic carbocycles. The van der Waals surface area contributed by atoms with Crippen LogP contribution in [-0.2, 0) is 16.0 Å². The second kappa shape index (κ2) is 6.74. The number of carbonyl (C=O) groups excluding carboxylic acids is 1. The normalized spacial score (nSPS) is 24.7. The Hall–Kier alpha value is -1.84. The summed E-state index contributed by atoms with van der Waals surface area (Å²) in [4.78, 5) is 23.4. The molecule has 2 atom stereocenters. The van der Waals surface area contributed by atoms with Gasteiger partial charge in [0.25, 0.3) is 0 Å². The zero-order valence-corrected chi connectivity index (χ0v) is 12.5. The molecule has 2 rings (SSSR count). The van der Waals surface area contributed by atoms with Crippen LogP contribution in [0.25, 0.3) is 0 Å². The molecular weight excluding hydrogens is 266 g/mol. The quantitative estimate of drug-likeness (QED) is 0.846. The summed E-state index contributed by atoms with van der Waals surface area (Å²) in [7, 11) is 0. The standard InChI is InChI=1S/C17H23NO3/c1-17(16(20)21)12-6-10-14(17)18-15(19)11-5-9-13-7-3-2-4-8-13/h2-4,7-8,14H,5-6,9-12H2,1H3,(H,18,19)(H,20,21). The lowest BCUT2D eigenvalue weighted by molar-refractivity contribution is -0.149. The number of hydrogen-bond acceptors (Lipinski definition) is 2. The van der Waals surface area contributed by atoms with Gasteiger partial charge >= 0.3 is 5.97 Å². The topological polar surface area (TPSA) is 66.4 Å². The molecule has 1 fully saturated rings. The van der Waals surface area contributed by atoms with Gasteiger partial charge in [0, 0.05) is 12.5 Å². The minimum absolute atomic E-state index is 0.0368. The van der Waals surface area contributed by atoms with Crippen molar-refractivity contribution >= 4 is 11.9 Å². The van der Waals surface area contributed by atoms with E-state index < -0.39 is 11.4 Å². The second-order valence-electron chi connectivity index (χ2n) is 6.07. The maximum absolute atomic E-state index is 12.0. The molecule has 0 aliphatic heterocycles. The third kappa shape index (κ3) is 3.84. The van der Waals surface area contributed by atoms with Crippen molar-refractivity contribution in [3.63, 3.8) is 0 Å². The molecule has 1 aromatic rings.